The number of thiophene rings is 1. The Balaban J connectivity index is 0.000000192. The first kappa shape index (κ1) is 35.0. The van der Waals surface area contributed by atoms with Gasteiger partial charge in [0, 0.05) is 54.1 Å². The molecule has 12 rings (SSSR count). The average molecular weight is 1010 g/mol. The number of aromatic nitrogens is 3. The summed E-state index contributed by atoms with van der Waals surface area (Å²) in [5, 5.41) is 12.3. The van der Waals surface area contributed by atoms with Crippen molar-refractivity contribution in [2.75, 3.05) is 0 Å². The SMILES string of the molecule is [2H]C([2H])([2H])c1cnc(-c2[c-]cccc2)cc1C([2H])([2H])C(C)(C)C.[Ir].[c-]1ccc2c(sc3cc4ccccc4cc32)c1-c1nc2cccc3c4ccccc4c4ccccc4c4ccccc4n1c23. The molecule has 307 valence electrons. The summed E-state index contributed by atoms with van der Waals surface area (Å²) in [4.78, 5) is 9.62. The van der Waals surface area contributed by atoms with Gasteiger partial charge in [-0.2, -0.15) is 11.3 Å². The van der Waals surface area contributed by atoms with E-state index in [1.54, 1.807) is 32.9 Å². The number of rotatable bonds is 3. The Kier molecular flexibility index (Phi) is 9.08. The largest absolute Gasteiger partial charge is 0.332 e. The van der Waals surface area contributed by atoms with Crippen LogP contribution in [-0.4, -0.2) is 14.4 Å². The number of hydrogen-bond acceptors (Lipinski definition) is 3. The van der Waals surface area contributed by atoms with Crippen molar-refractivity contribution in [2.24, 2.45) is 5.41 Å². The van der Waals surface area contributed by atoms with Crippen LogP contribution in [0.1, 0.15) is 38.8 Å². The van der Waals surface area contributed by atoms with Gasteiger partial charge in [-0.15, -0.1) is 54.1 Å². The molecular weight excluding hydrogens is 963 g/mol. The maximum absolute atomic E-state index is 8.48. The molecule has 0 aliphatic heterocycles. The minimum Gasteiger partial charge on any atom is -0.332 e. The second-order valence-electron chi connectivity index (χ2n) is 16.7. The Morgan fingerprint density at radius 3 is 2.00 bits per heavy atom. The van der Waals surface area contributed by atoms with E-state index in [2.05, 4.69) is 161 Å². The predicted octanol–water partition coefficient (Wildman–Crippen LogP) is 15.9. The van der Waals surface area contributed by atoms with E-state index in [1.165, 1.54) is 69.5 Å². The van der Waals surface area contributed by atoms with E-state index >= 15 is 0 Å². The maximum atomic E-state index is 8.48. The number of fused-ring (bicyclic) bond motifs is 11. The summed E-state index contributed by atoms with van der Waals surface area (Å²) < 4.78 is 44.9. The first-order valence-electron chi connectivity index (χ1n) is 23.3. The minimum atomic E-state index is -2.42. The normalized spacial score (nSPS) is 13.3. The van der Waals surface area contributed by atoms with Gasteiger partial charge in [-0.25, -0.2) is 0 Å². The molecule has 63 heavy (non-hydrogen) atoms. The molecule has 5 heteroatoms. The molecule has 12 aromatic rings. The van der Waals surface area contributed by atoms with E-state index in [1.807, 2.05) is 29.5 Å². The molecule has 0 amide bonds. The van der Waals surface area contributed by atoms with Crippen molar-refractivity contribution in [1.82, 2.24) is 14.4 Å². The van der Waals surface area contributed by atoms with Crippen molar-refractivity contribution in [3.05, 3.63) is 199 Å². The molecule has 0 bridgehead atoms. The second kappa shape index (κ2) is 16.3. The zero-order valence-electron chi connectivity index (χ0n) is 39.8. The van der Waals surface area contributed by atoms with Crippen LogP contribution in [0.5, 0.6) is 0 Å². The molecule has 0 atom stereocenters. The molecule has 0 aliphatic rings. The zero-order valence-corrected chi connectivity index (χ0v) is 38.0. The van der Waals surface area contributed by atoms with Crippen molar-refractivity contribution in [2.45, 2.75) is 34.0 Å². The van der Waals surface area contributed by atoms with E-state index in [-0.39, 0.29) is 31.2 Å². The number of hydrogen-bond donors (Lipinski definition) is 0. The monoisotopic (exact) mass is 1010 g/mol. The molecular formula is C58H43IrN3S-2. The molecule has 8 aromatic carbocycles. The quantitative estimate of drug-likeness (QED) is 0.165. The number of nitrogens with zero attached hydrogens (tertiary/aromatic N) is 3. The fourth-order valence-electron chi connectivity index (χ4n) is 8.80. The summed E-state index contributed by atoms with van der Waals surface area (Å²) in [7, 11) is 0. The Morgan fingerprint density at radius 2 is 1.29 bits per heavy atom. The maximum Gasteiger partial charge on any atom is 0.0780 e. The van der Waals surface area contributed by atoms with Crippen LogP contribution >= 0.6 is 11.3 Å². The summed E-state index contributed by atoms with van der Waals surface area (Å²) in [6, 6.07) is 65.9. The van der Waals surface area contributed by atoms with Crippen LogP contribution in [0.4, 0.5) is 0 Å². The smallest absolute Gasteiger partial charge is 0.0780 e. The van der Waals surface area contributed by atoms with Crippen LogP contribution < -0.4 is 0 Å². The van der Waals surface area contributed by atoms with Gasteiger partial charge in [0.2, 0.25) is 0 Å². The first-order chi connectivity index (χ1) is 32.3. The Labute approximate surface area is 391 Å². The number of imidazole rings is 1. The molecule has 0 N–H and O–H groups in total. The summed E-state index contributed by atoms with van der Waals surface area (Å²) in [5.41, 5.74) is 4.83. The van der Waals surface area contributed by atoms with Crippen molar-refractivity contribution in [1.29, 1.82) is 0 Å². The van der Waals surface area contributed by atoms with E-state index in [4.69, 9.17) is 11.8 Å². The third-order valence-corrected chi connectivity index (χ3v) is 12.7. The molecule has 4 heterocycles. The van der Waals surface area contributed by atoms with Gasteiger partial charge in [0.25, 0.3) is 0 Å². The van der Waals surface area contributed by atoms with Crippen molar-refractivity contribution < 1.29 is 27.0 Å². The molecule has 4 aromatic heterocycles. The Bertz CT molecular complexity index is 3950. The van der Waals surface area contributed by atoms with E-state index < -0.39 is 18.6 Å². The minimum absolute atomic E-state index is 0. The van der Waals surface area contributed by atoms with Crippen molar-refractivity contribution in [3.63, 3.8) is 0 Å². The van der Waals surface area contributed by atoms with Crippen LogP contribution in [0.15, 0.2) is 176 Å². The zero-order chi connectivity index (χ0) is 46.2. The van der Waals surface area contributed by atoms with Gasteiger partial charge in [-0.3, -0.25) is 4.98 Å². The Hall–Kier alpha value is -6.49. The third kappa shape index (κ3) is 7.30. The predicted molar refractivity (Wildman–Crippen MR) is 265 cm³/mol. The molecule has 0 saturated carbocycles. The topological polar surface area (TPSA) is 30.2 Å². The van der Waals surface area contributed by atoms with E-state index in [0.29, 0.717) is 11.3 Å². The number of pyridine rings is 1. The third-order valence-electron chi connectivity index (χ3n) is 11.5. The standard InChI is InChI=1S/C41H23N2S.C17H20N.Ir/c1-2-12-26-24-38-35(23-25(26)11-1)33-19-9-20-34(40(33)44-38)41-42-36-21-10-18-32-30-16-6-4-14-28(30)27-13-3-5-15-29(27)31-17-7-8-22-37(31)43(41)39(32)36;1-13-12-18-16(14-8-6-5-7-9-14)10-15(13)11-17(2,3)4;/h1-19,21-24H;5-8,10,12H,11H2,1-4H3;/q2*-1;/i;1D3,11D2;. The fraction of sp³-hybridized carbons (Fsp3) is 0.103. The van der Waals surface area contributed by atoms with Gasteiger partial charge >= 0.3 is 0 Å². The van der Waals surface area contributed by atoms with Crippen LogP contribution in [-0.2, 0) is 26.5 Å². The van der Waals surface area contributed by atoms with Gasteiger partial charge in [0.1, 0.15) is 0 Å². The second-order valence-corrected chi connectivity index (χ2v) is 17.8. The molecule has 0 aliphatic carbocycles. The molecule has 0 spiro atoms. The van der Waals surface area contributed by atoms with Gasteiger partial charge in [-0.05, 0) is 96.6 Å². The fourth-order valence-corrected chi connectivity index (χ4v) is 10.0. The molecule has 0 saturated heterocycles. The van der Waals surface area contributed by atoms with E-state index in [0.717, 1.165) is 27.9 Å². The van der Waals surface area contributed by atoms with Gasteiger partial charge in [-0.1, -0.05) is 146 Å². The Morgan fingerprint density at radius 1 is 0.635 bits per heavy atom. The number of para-hydroxylation sites is 2. The van der Waals surface area contributed by atoms with Crippen LogP contribution in [0, 0.1) is 24.4 Å². The van der Waals surface area contributed by atoms with Gasteiger partial charge in [0.05, 0.1) is 16.9 Å². The summed E-state index contributed by atoms with van der Waals surface area (Å²) in [6.45, 7) is 2.85. The number of benzene rings is 8. The van der Waals surface area contributed by atoms with Crippen LogP contribution in [0.25, 0.3) is 102 Å². The summed E-state index contributed by atoms with van der Waals surface area (Å²) in [6.07, 6.45) is -0.550. The van der Waals surface area contributed by atoms with E-state index in [9.17, 15) is 0 Å². The summed E-state index contributed by atoms with van der Waals surface area (Å²) >= 11 is 1.84. The van der Waals surface area contributed by atoms with Crippen LogP contribution in [0.2, 0.25) is 0 Å². The molecule has 0 unspecified atom stereocenters. The van der Waals surface area contributed by atoms with Crippen molar-refractivity contribution in [3.8, 4) is 22.6 Å². The molecule has 3 nitrogen and oxygen atoms in total. The van der Waals surface area contributed by atoms with Gasteiger partial charge < -0.3 is 9.38 Å². The van der Waals surface area contributed by atoms with Gasteiger partial charge in [0.15, 0.2) is 0 Å². The number of aryl methyl sites for hydroxylation is 1. The van der Waals surface area contributed by atoms with Crippen LogP contribution in [0.3, 0.4) is 0 Å². The van der Waals surface area contributed by atoms with Crippen molar-refractivity contribution >= 4 is 91.1 Å². The molecule has 1 radical (unpaired) electrons. The first-order valence-corrected chi connectivity index (χ1v) is 21.6. The molecule has 0 fully saturated rings. The summed E-state index contributed by atoms with van der Waals surface area (Å²) in [5.74, 6) is 0.915. The average Bonchev–Trinajstić information content (AvgIpc) is 3.92.